The molecule has 0 saturated carbocycles. The van der Waals surface area contributed by atoms with Gasteiger partial charge in [-0.2, -0.15) is 0 Å². The van der Waals surface area contributed by atoms with Gasteiger partial charge in [-0.05, 0) is 35.7 Å². The zero-order valence-corrected chi connectivity index (χ0v) is 13.8. The molecule has 2 aromatic rings. The number of carboxylic acids is 1. The number of hydrogen-bond acceptors (Lipinski definition) is 3. The highest BCUT2D eigenvalue weighted by atomic mass is 16.4. The lowest BCUT2D eigenvalue weighted by atomic mass is 10.1. The molecule has 0 aromatic heterocycles. The van der Waals surface area contributed by atoms with Crippen molar-refractivity contribution in [2.45, 2.75) is 25.3 Å². The van der Waals surface area contributed by atoms with Crippen molar-refractivity contribution in [2.75, 3.05) is 13.1 Å². The summed E-state index contributed by atoms with van der Waals surface area (Å²) in [5, 5.41) is 13.9. The van der Waals surface area contributed by atoms with Gasteiger partial charge in [-0.15, -0.1) is 0 Å². The van der Waals surface area contributed by atoms with Crippen LogP contribution >= 0.6 is 0 Å². The Morgan fingerprint density at radius 3 is 2.64 bits per heavy atom. The van der Waals surface area contributed by atoms with Crippen molar-refractivity contribution < 1.29 is 19.5 Å². The summed E-state index contributed by atoms with van der Waals surface area (Å²) in [5.41, 5.74) is 0.538. The molecule has 0 unspecified atom stereocenters. The molecule has 1 aliphatic heterocycles. The van der Waals surface area contributed by atoms with Crippen molar-refractivity contribution in [3.05, 3.63) is 48.0 Å². The molecular formula is C19H20N2O4. The fourth-order valence-electron chi connectivity index (χ4n) is 3.18. The molecule has 2 aromatic carbocycles. The monoisotopic (exact) mass is 340 g/mol. The van der Waals surface area contributed by atoms with Crippen LogP contribution in [0.2, 0.25) is 0 Å². The first-order valence-corrected chi connectivity index (χ1v) is 8.35. The Kier molecular flexibility index (Phi) is 4.97. The normalized spacial score (nSPS) is 16.8. The van der Waals surface area contributed by atoms with E-state index >= 15 is 0 Å². The standard InChI is InChI=1S/C19H20N2O4/c22-17(21-11-3-6-16(21)19(24)25)9-10-20-18(23)15-8-7-13-4-1-2-5-14(13)12-15/h1-2,4-5,7-8,12,16H,3,6,9-11H2,(H,20,23)(H,24,25)/t16-/m0/s1. The minimum atomic E-state index is -0.967. The lowest BCUT2D eigenvalue weighted by Crippen LogP contribution is -2.41. The van der Waals surface area contributed by atoms with Crippen molar-refractivity contribution in [3.63, 3.8) is 0 Å². The minimum absolute atomic E-state index is 0.100. The van der Waals surface area contributed by atoms with Gasteiger partial charge in [0.25, 0.3) is 5.91 Å². The summed E-state index contributed by atoms with van der Waals surface area (Å²) >= 11 is 0. The maximum atomic E-state index is 12.2. The lowest BCUT2D eigenvalue weighted by molar-refractivity contribution is -0.148. The Hall–Kier alpha value is -2.89. The highest BCUT2D eigenvalue weighted by Gasteiger charge is 2.33. The van der Waals surface area contributed by atoms with Gasteiger partial charge in [-0.1, -0.05) is 30.3 Å². The number of nitrogens with one attached hydrogen (secondary N) is 1. The van der Waals surface area contributed by atoms with Gasteiger partial charge in [0, 0.05) is 25.1 Å². The highest BCUT2D eigenvalue weighted by Crippen LogP contribution is 2.18. The first kappa shape index (κ1) is 17.0. The second kappa shape index (κ2) is 7.34. The maximum absolute atomic E-state index is 12.2. The van der Waals surface area contributed by atoms with E-state index < -0.39 is 12.0 Å². The van der Waals surface area contributed by atoms with E-state index in [4.69, 9.17) is 5.11 Å². The van der Waals surface area contributed by atoms with Crippen LogP contribution in [0.25, 0.3) is 10.8 Å². The summed E-state index contributed by atoms with van der Waals surface area (Å²) in [5.74, 6) is -1.44. The molecule has 0 radical (unpaired) electrons. The maximum Gasteiger partial charge on any atom is 0.326 e. The van der Waals surface area contributed by atoms with Crippen LogP contribution in [0.4, 0.5) is 0 Å². The number of likely N-dealkylation sites (tertiary alicyclic amines) is 1. The van der Waals surface area contributed by atoms with Crippen molar-refractivity contribution >= 4 is 28.6 Å². The average molecular weight is 340 g/mol. The van der Waals surface area contributed by atoms with Crippen LogP contribution in [0, 0.1) is 0 Å². The Morgan fingerprint density at radius 2 is 1.88 bits per heavy atom. The van der Waals surface area contributed by atoms with E-state index in [0.717, 1.165) is 10.8 Å². The minimum Gasteiger partial charge on any atom is -0.480 e. The van der Waals surface area contributed by atoms with Gasteiger partial charge >= 0.3 is 5.97 Å². The molecule has 25 heavy (non-hydrogen) atoms. The number of carbonyl (C=O) groups is 3. The molecular weight excluding hydrogens is 320 g/mol. The van der Waals surface area contributed by atoms with Crippen molar-refractivity contribution in [1.82, 2.24) is 10.2 Å². The number of hydrogen-bond donors (Lipinski definition) is 2. The van der Waals surface area contributed by atoms with Crippen LogP contribution in [0.1, 0.15) is 29.6 Å². The molecule has 6 nitrogen and oxygen atoms in total. The van der Waals surface area contributed by atoms with E-state index in [1.165, 1.54) is 4.90 Å². The number of carboxylic acid groups (broad SMARTS) is 1. The molecule has 2 N–H and O–H groups in total. The predicted octanol–water partition coefficient (Wildman–Crippen LogP) is 2.04. The zero-order chi connectivity index (χ0) is 17.8. The molecule has 130 valence electrons. The first-order chi connectivity index (χ1) is 12.1. The Labute approximate surface area is 145 Å². The Morgan fingerprint density at radius 1 is 1.12 bits per heavy atom. The van der Waals surface area contributed by atoms with Crippen LogP contribution in [0.5, 0.6) is 0 Å². The van der Waals surface area contributed by atoms with Crippen molar-refractivity contribution in [2.24, 2.45) is 0 Å². The summed E-state index contributed by atoms with van der Waals surface area (Å²) < 4.78 is 0. The van der Waals surface area contributed by atoms with E-state index in [9.17, 15) is 14.4 Å². The fourth-order valence-corrected chi connectivity index (χ4v) is 3.18. The third-order valence-electron chi connectivity index (χ3n) is 4.49. The topological polar surface area (TPSA) is 86.7 Å². The number of carbonyl (C=O) groups excluding carboxylic acids is 2. The van der Waals surface area contributed by atoms with Crippen LogP contribution in [0.15, 0.2) is 42.5 Å². The average Bonchev–Trinajstić information content (AvgIpc) is 3.11. The van der Waals surface area contributed by atoms with Gasteiger partial charge < -0.3 is 15.3 Å². The Balaban J connectivity index is 1.55. The van der Waals surface area contributed by atoms with E-state index in [-0.39, 0.29) is 24.8 Å². The van der Waals surface area contributed by atoms with Gasteiger partial charge in [0.05, 0.1) is 0 Å². The van der Waals surface area contributed by atoms with E-state index in [2.05, 4.69) is 5.32 Å². The van der Waals surface area contributed by atoms with E-state index in [1.807, 2.05) is 36.4 Å². The van der Waals surface area contributed by atoms with Gasteiger partial charge in [0.15, 0.2) is 0 Å². The molecule has 1 aliphatic rings. The van der Waals surface area contributed by atoms with E-state index in [0.29, 0.717) is 24.9 Å². The summed E-state index contributed by atoms with van der Waals surface area (Å²) in [4.78, 5) is 36.9. The molecule has 1 saturated heterocycles. The van der Waals surface area contributed by atoms with Gasteiger partial charge in [-0.3, -0.25) is 9.59 Å². The number of aliphatic carboxylic acids is 1. The molecule has 6 heteroatoms. The molecule has 2 amide bonds. The Bertz CT molecular complexity index is 818. The van der Waals surface area contributed by atoms with Crippen LogP contribution < -0.4 is 5.32 Å². The highest BCUT2D eigenvalue weighted by molar-refractivity contribution is 5.98. The first-order valence-electron chi connectivity index (χ1n) is 8.35. The van der Waals surface area contributed by atoms with Crippen molar-refractivity contribution in [1.29, 1.82) is 0 Å². The van der Waals surface area contributed by atoms with Gasteiger partial charge in [-0.25, -0.2) is 4.79 Å². The smallest absolute Gasteiger partial charge is 0.326 e. The summed E-state index contributed by atoms with van der Waals surface area (Å²) in [7, 11) is 0. The molecule has 0 spiro atoms. The van der Waals surface area contributed by atoms with Crippen LogP contribution in [0.3, 0.4) is 0 Å². The third-order valence-corrected chi connectivity index (χ3v) is 4.49. The molecule has 3 rings (SSSR count). The molecule has 1 atom stereocenters. The lowest BCUT2D eigenvalue weighted by Gasteiger charge is -2.21. The third kappa shape index (κ3) is 3.79. The number of benzene rings is 2. The van der Waals surface area contributed by atoms with Gasteiger partial charge in [0.2, 0.25) is 5.91 Å². The van der Waals surface area contributed by atoms with Gasteiger partial charge in [0.1, 0.15) is 6.04 Å². The number of fused-ring (bicyclic) bond motifs is 1. The SMILES string of the molecule is O=C(NCCC(=O)N1CCC[C@H]1C(=O)O)c1ccc2ccccc2c1. The summed E-state index contributed by atoms with van der Waals surface area (Å²) in [6.45, 7) is 0.655. The van der Waals surface area contributed by atoms with Crippen LogP contribution in [-0.2, 0) is 9.59 Å². The summed E-state index contributed by atoms with van der Waals surface area (Å²) in [6.07, 6.45) is 1.29. The molecule has 1 heterocycles. The molecule has 0 aliphatic carbocycles. The molecule has 0 bridgehead atoms. The van der Waals surface area contributed by atoms with Crippen molar-refractivity contribution in [3.8, 4) is 0 Å². The number of rotatable bonds is 5. The predicted molar refractivity (Wildman–Crippen MR) is 93.3 cm³/mol. The number of nitrogens with zero attached hydrogens (tertiary/aromatic N) is 1. The fraction of sp³-hybridized carbons (Fsp3) is 0.316. The molecule has 1 fully saturated rings. The summed E-state index contributed by atoms with van der Waals surface area (Å²) in [6, 6.07) is 12.5. The largest absolute Gasteiger partial charge is 0.480 e. The zero-order valence-electron chi connectivity index (χ0n) is 13.8. The second-order valence-corrected chi connectivity index (χ2v) is 6.15. The quantitative estimate of drug-likeness (QED) is 0.872. The number of amides is 2. The second-order valence-electron chi connectivity index (χ2n) is 6.15. The van der Waals surface area contributed by atoms with E-state index in [1.54, 1.807) is 6.07 Å². The van der Waals surface area contributed by atoms with Crippen LogP contribution in [-0.4, -0.2) is 46.9 Å².